The van der Waals surface area contributed by atoms with Crippen LogP contribution in [0.3, 0.4) is 0 Å². The number of aliphatic hydroxyl groups is 1. The van der Waals surface area contributed by atoms with Gasteiger partial charge < -0.3 is 26.4 Å². The number of carboxylic acid groups (broad SMARTS) is 1. The minimum Gasteiger partial charge on any atom is -0.502 e. The second kappa shape index (κ2) is 10.7. The highest BCUT2D eigenvalue weighted by Gasteiger charge is 2.27. The maximum atomic E-state index is 12.2. The molecule has 0 spiro atoms. The zero-order chi connectivity index (χ0) is 22.1. The van der Waals surface area contributed by atoms with Crippen molar-refractivity contribution in [3.05, 3.63) is 33.9 Å². The van der Waals surface area contributed by atoms with Gasteiger partial charge in [-0.2, -0.15) is 0 Å². The van der Waals surface area contributed by atoms with Gasteiger partial charge in [0.25, 0.3) is 0 Å². The number of rotatable bonds is 10. The molecule has 1 rings (SSSR count). The second-order valence-corrected chi connectivity index (χ2v) is 5.94. The number of aliphatic hydroxyl groups excluding tert-OH is 1. The lowest BCUT2D eigenvalue weighted by Gasteiger charge is -2.19. The summed E-state index contributed by atoms with van der Waals surface area (Å²) < 4.78 is 0. The van der Waals surface area contributed by atoms with E-state index >= 15 is 0 Å². The summed E-state index contributed by atoms with van der Waals surface area (Å²) >= 11 is 0. The molecule has 158 valence electrons. The Morgan fingerprint density at radius 2 is 1.86 bits per heavy atom. The van der Waals surface area contributed by atoms with Crippen LogP contribution in [0.5, 0.6) is 5.75 Å². The Hall–Kier alpha value is -3.58. The molecule has 1 aromatic rings. The van der Waals surface area contributed by atoms with Crippen molar-refractivity contribution in [2.24, 2.45) is 5.73 Å². The first-order chi connectivity index (χ1) is 13.5. The predicted molar refractivity (Wildman–Crippen MR) is 95.5 cm³/mol. The van der Waals surface area contributed by atoms with Gasteiger partial charge in [-0.1, -0.05) is 6.07 Å². The number of phenolic OH excluding ortho intramolecular Hbond substituents is 1. The number of nitro groups is 1. The average Bonchev–Trinajstić information content (AvgIpc) is 2.62. The fourth-order valence-electron chi connectivity index (χ4n) is 2.24. The van der Waals surface area contributed by atoms with Gasteiger partial charge in [0.1, 0.15) is 6.04 Å². The number of nitrogens with two attached hydrogens (primary N) is 1. The Balaban J connectivity index is 2.84. The van der Waals surface area contributed by atoms with Crippen LogP contribution in [0.25, 0.3) is 0 Å². The van der Waals surface area contributed by atoms with E-state index < -0.39 is 71.6 Å². The van der Waals surface area contributed by atoms with Crippen molar-refractivity contribution in [3.63, 3.8) is 0 Å². The van der Waals surface area contributed by atoms with E-state index in [1.807, 2.05) is 5.32 Å². The summed E-state index contributed by atoms with van der Waals surface area (Å²) in [5.41, 5.74) is 5.38. The van der Waals surface area contributed by atoms with Gasteiger partial charge in [-0.05, 0) is 18.1 Å². The number of hydrogen-bond donors (Lipinski definition) is 6. The van der Waals surface area contributed by atoms with E-state index in [1.165, 1.54) is 6.07 Å². The van der Waals surface area contributed by atoms with E-state index in [0.717, 1.165) is 12.1 Å². The van der Waals surface area contributed by atoms with Crippen molar-refractivity contribution in [3.8, 4) is 5.75 Å². The highest BCUT2D eigenvalue weighted by Crippen LogP contribution is 2.26. The number of carboxylic acids is 1. The number of imide groups is 1. The second-order valence-electron chi connectivity index (χ2n) is 5.94. The summed E-state index contributed by atoms with van der Waals surface area (Å²) in [6.07, 6.45) is -1.43. The highest BCUT2D eigenvalue weighted by molar-refractivity contribution is 6.00. The molecular weight excluding hydrogens is 392 g/mol. The fraction of sp³-hybridized carbons (Fsp3) is 0.375. The first kappa shape index (κ1) is 23.5. The smallest absolute Gasteiger partial charge is 0.310 e. The summed E-state index contributed by atoms with van der Waals surface area (Å²) in [5, 5.41) is 41.8. The van der Waals surface area contributed by atoms with Crippen molar-refractivity contribution in [1.29, 1.82) is 0 Å². The third kappa shape index (κ3) is 7.51. The molecule has 13 heteroatoms. The van der Waals surface area contributed by atoms with Crippen LogP contribution in [0.1, 0.15) is 18.4 Å². The van der Waals surface area contributed by atoms with Gasteiger partial charge in [0, 0.05) is 6.07 Å². The molecule has 0 bridgehead atoms. The molecule has 0 aliphatic rings. The molecule has 0 saturated heterocycles. The molecule has 0 unspecified atom stereocenters. The maximum Gasteiger partial charge on any atom is 0.310 e. The Labute approximate surface area is 163 Å². The van der Waals surface area contributed by atoms with E-state index in [4.69, 9.17) is 15.9 Å². The standard InChI is InChI=1S/C16H20N4O9/c17-9(5-8-1-2-12(22)11(6-8)20(28)29)15(26)18-10(7-14(24)25)16(27)19-13(23)3-4-21/h1-2,6,9-10,21-22H,3-5,7,17H2,(H,18,26)(H,24,25)(H,19,23,27)/t9-,10-/m0/s1. The largest absolute Gasteiger partial charge is 0.502 e. The normalized spacial score (nSPS) is 12.5. The van der Waals surface area contributed by atoms with E-state index in [9.17, 15) is 34.4 Å². The van der Waals surface area contributed by atoms with Crippen LogP contribution in [0, 0.1) is 10.1 Å². The zero-order valence-electron chi connectivity index (χ0n) is 15.0. The number of nitrogens with one attached hydrogen (secondary N) is 2. The number of amides is 3. The summed E-state index contributed by atoms with van der Waals surface area (Å²) in [4.78, 5) is 56.5. The van der Waals surface area contributed by atoms with Gasteiger partial charge in [0.2, 0.25) is 17.7 Å². The molecule has 13 nitrogen and oxygen atoms in total. The Kier molecular flexibility index (Phi) is 8.64. The fourth-order valence-corrected chi connectivity index (χ4v) is 2.24. The molecule has 0 radical (unpaired) electrons. The summed E-state index contributed by atoms with van der Waals surface area (Å²) in [6, 6.07) is 0.479. The molecule has 0 fully saturated rings. The Bertz CT molecular complexity index is 812. The molecule has 0 saturated carbocycles. The number of aromatic hydroxyl groups is 1. The number of aliphatic carboxylic acids is 1. The lowest BCUT2D eigenvalue weighted by molar-refractivity contribution is -0.385. The molecule has 0 aliphatic carbocycles. The van der Waals surface area contributed by atoms with E-state index in [0.29, 0.717) is 0 Å². The Morgan fingerprint density at radius 3 is 2.41 bits per heavy atom. The maximum absolute atomic E-state index is 12.2. The van der Waals surface area contributed by atoms with Gasteiger partial charge >= 0.3 is 11.7 Å². The molecule has 29 heavy (non-hydrogen) atoms. The van der Waals surface area contributed by atoms with Crippen LogP contribution in [0.15, 0.2) is 18.2 Å². The number of nitro benzene ring substituents is 1. The van der Waals surface area contributed by atoms with Crippen LogP contribution < -0.4 is 16.4 Å². The molecule has 0 heterocycles. The van der Waals surface area contributed by atoms with Crippen LogP contribution in [-0.2, 0) is 25.6 Å². The molecular formula is C16H20N4O9. The molecule has 2 atom stereocenters. The summed E-state index contributed by atoms with van der Waals surface area (Å²) in [6.45, 7) is -0.529. The molecule has 0 aliphatic heterocycles. The SMILES string of the molecule is N[C@@H](Cc1ccc(O)c([N+](=O)[O-])c1)C(=O)N[C@@H](CC(=O)O)C(=O)NC(=O)CCO. The summed E-state index contributed by atoms with van der Waals surface area (Å²) in [7, 11) is 0. The van der Waals surface area contributed by atoms with Crippen molar-refractivity contribution in [1.82, 2.24) is 10.6 Å². The Morgan fingerprint density at radius 1 is 1.21 bits per heavy atom. The predicted octanol–water partition coefficient (Wildman–Crippen LogP) is -1.85. The number of benzene rings is 1. The minimum absolute atomic E-state index is 0.211. The van der Waals surface area contributed by atoms with Gasteiger partial charge in [-0.15, -0.1) is 0 Å². The van der Waals surface area contributed by atoms with E-state index in [2.05, 4.69) is 5.32 Å². The first-order valence-corrected chi connectivity index (χ1v) is 8.23. The van der Waals surface area contributed by atoms with Crippen molar-refractivity contribution < 1.29 is 39.4 Å². The third-order valence-corrected chi connectivity index (χ3v) is 3.64. The van der Waals surface area contributed by atoms with Crippen molar-refractivity contribution >= 4 is 29.4 Å². The van der Waals surface area contributed by atoms with Crippen LogP contribution >= 0.6 is 0 Å². The molecule has 7 N–H and O–H groups in total. The van der Waals surface area contributed by atoms with Gasteiger partial charge in [-0.25, -0.2) is 0 Å². The highest BCUT2D eigenvalue weighted by atomic mass is 16.6. The van der Waals surface area contributed by atoms with Crippen LogP contribution in [0.2, 0.25) is 0 Å². The van der Waals surface area contributed by atoms with E-state index in [-0.39, 0.29) is 12.0 Å². The van der Waals surface area contributed by atoms with Crippen molar-refractivity contribution in [2.45, 2.75) is 31.3 Å². The number of nitrogens with zero attached hydrogens (tertiary/aromatic N) is 1. The third-order valence-electron chi connectivity index (χ3n) is 3.64. The first-order valence-electron chi connectivity index (χ1n) is 8.23. The lowest BCUT2D eigenvalue weighted by atomic mass is 10.0. The number of hydrogen-bond acceptors (Lipinski definition) is 9. The van der Waals surface area contributed by atoms with Crippen LogP contribution in [-0.4, -0.2) is 62.6 Å². The number of phenols is 1. The number of carbonyl (C=O) groups is 4. The lowest BCUT2D eigenvalue weighted by Crippen LogP contribution is -2.53. The topological polar surface area (TPSA) is 222 Å². The van der Waals surface area contributed by atoms with Gasteiger partial charge in [0.15, 0.2) is 5.75 Å². The van der Waals surface area contributed by atoms with Crippen molar-refractivity contribution in [2.75, 3.05) is 6.61 Å². The van der Waals surface area contributed by atoms with Gasteiger partial charge in [-0.3, -0.25) is 34.6 Å². The van der Waals surface area contributed by atoms with Gasteiger partial charge in [0.05, 0.1) is 30.4 Å². The van der Waals surface area contributed by atoms with Crippen LogP contribution in [0.4, 0.5) is 5.69 Å². The average molecular weight is 412 g/mol. The van der Waals surface area contributed by atoms with E-state index in [1.54, 1.807) is 0 Å². The zero-order valence-corrected chi connectivity index (χ0v) is 15.0. The molecule has 3 amide bonds. The monoisotopic (exact) mass is 412 g/mol. The molecule has 0 aromatic heterocycles. The quantitative estimate of drug-likeness (QED) is 0.186. The molecule has 1 aromatic carbocycles. The number of carbonyl (C=O) groups excluding carboxylic acids is 3. The summed E-state index contributed by atoms with van der Waals surface area (Å²) in [5.74, 6) is -4.88. The minimum atomic E-state index is -1.61.